The Hall–Kier alpha value is -3.48. The van der Waals surface area contributed by atoms with Gasteiger partial charge in [0.25, 0.3) is 11.8 Å². The van der Waals surface area contributed by atoms with Gasteiger partial charge >= 0.3 is 0 Å². The van der Waals surface area contributed by atoms with Gasteiger partial charge in [-0.2, -0.15) is 0 Å². The highest BCUT2D eigenvalue weighted by molar-refractivity contribution is 6.42. The van der Waals surface area contributed by atoms with E-state index in [9.17, 15) is 9.59 Å². The van der Waals surface area contributed by atoms with E-state index in [1.807, 2.05) is 30.3 Å². The van der Waals surface area contributed by atoms with Gasteiger partial charge in [0.2, 0.25) is 0 Å². The van der Waals surface area contributed by atoms with E-state index < -0.39 is 11.8 Å². The molecule has 1 aliphatic heterocycles. The van der Waals surface area contributed by atoms with Crippen molar-refractivity contribution in [1.29, 1.82) is 0 Å². The van der Waals surface area contributed by atoms with Crippen molar-refractivity contribution in [3.63, 3.8) is 0 Å². The summed E-state index contributed by atoms with van der Waals surface area (Å²) in [7, 11) is 1.53. The topological polar surface area (TPSA) is 67.9 Å². The average molecular weight is 469 g/mol. The van der Waals surface area contributed by atoms with Crippen LogP contribution in [0.15, 0.2) is 72.3 Å². The van der Waals surface area contributed by atoms with Gasteiger partial charge in [0.05, 0.1) is 22.8 Å². The van der Waals surface area contributed by atoms with Gasteiger partial charge in [-0.25, -0.2) is 5.01 Å². The summed E-state index contributed by atoms with van der Waals surface area (Å²) >= 11 is 12.0. The molecule has 3 aromatic carbocycles. The third-order valence-electron chi connectivity index (χ3n) is 4.79. The molecule has 0 bridgehead atoms. The lowest BCUT2D eigenvalue weighted by molar-refractivity contribution is -0.117. The predicted octanol–water partition coefficient (Wildman–Crippen LogP) is 5.04. The number of ether oxygens (including phenoxy) is 2. The molecule has 1 fully saturated rings. The van der Waals surface area contributed by atoms with Gasteiger partial charge in [0.1, 0.15) is 12.2 Å². The Morgan fingerprint density at radius 3 is 2.44 bits per heavy atom. The maximum atomic E-state index is 12.8. The first-order valence-corrected chi connectivity index (χ1v) is 10.4. The van der Waals surface area contributed by atoms with Crippen LogP contribution in [-0.2, 0) is 16.2 Å². The third kappa shape index (κ3) is 4.56. The minimum Gasteiger partial charge on any atom is -0.493 e. The Bertz CT molecular complexity index is 1210. The maximum absolute atomic E-state index is 12.8. The normalized spacial score (nSPS) is 14.6. The summed E-state index contributed by atoms with van der Waals surface area (Å²) < 4.78 is 11.3. The van der Waals surface area contributed by atoms with Gasteiger partial charge in [-0.3, -0.25) is 15.0 Å². The fourth-order valence-electron chi connectivity index (χ4n) is 3.16. The molecular formula is C24H18Cl2N2O4. The van der Waals surface area contributed by atoms with Crippen LogP contribution < -0.4 is 19.9 Å². The summed E-state index contributed by atoms with van der Waals surface area (Å²) in [6.45, 7) is 0.386. The van der Waals surface area contributed by atoms with Crippen LogP contribution in [0.5, 0.6) is 11.5 Å². The lowest BCUT2D eigenvalue weighted by Gasteiger charge is -2.15. The number of hydrogen-bond donors (Lipinski definition) is 1. The Labute approximate surface area is 194 Å². The van der Waals surface area contributed by atoms with Crippen LogP contribution in [-0.4, -0.2) is 18.9 Å². The molecule has 4 rings (SSSR count). The zero-order valence-electron chi connectivity index (χ0n) is 17.0. The number of rotatable bonds is 6. The van der Waals surface area contributed by atoms with E-state index >= 15 is 0 Å². The maximum Gasteiger partial charge on any atom is 0.282 e. The summed E-state index contributed by atoms with van der Waals surface area (Å²) in [5, 5.41) is 1.76. The standard InChI is InChI=1S/C24H18Cl2N2O4/c1-31-22-12-16(7-10-21(22)32-14-15-5-3-2-4-6-15)11-18-23(29)27-28(24(18)30)17-8-9-19(25)20(26)13-17/h2-13H,14H2,1H3,(H,27,29)/b18-11+. The Balaban J connectivity index is 1.55. The lowest BCUT2D eigenvalue weighted by atomic mass is 10.1. The van der Waals surface area contributed by atoms with Gasteiger partial charge in [0.15, 0.2) is 11.5 Å². The zero-order valence-corrected chi connectivity index (χ0v) is 18.5. The molecule has 1 saturated heterocycles. The molecule has 3 aromatic rings. The number of anilines is 1. The SMILES string of the molecule is COc1cc(/C=C2\C(=O)NN(c3ccc(Cl)c(Cl)c3)C2=O)ccc1OCc1ccccc1. The molecule has 0 unspecified atom stereocenters. The summed E-state index contributed by atoms with van der Waals surface area (Å²) in [5.41, 5.74) is 4.56. The van der Waals surface area contributed by atoms with Crippen molar-refractivity contribution in [2.24, 2.45) is 0 Å². The number of hydrazine groups is 1. The molecule has 32 heavy (non-hydrogen) atoms. The number of halogens is 2. The highest BCUT2D eigenvalue weighted by Crippen LogP contribution is 2.32. The molecule has 8 heteroatoms. The van der Waals surface area contributed by atoms with Crippen LogP contribution in [0.2, 0.25) is 10.0 Å². The van der Waals surface area contributed by atoms with Crippen LogP contribution in [0, 0.1) is 0 Å². The monoisotopic (exact) mass is 468 g/mol. The van der Waals surface area contributed by atoms with Gasteiger partial charge in [-0.15, -0.1) is 0 Å². The molecule has 2 amide bonds. The van der Waals surface area contributed by atoms with Crippen molar-refractivity contribution in [2.75, 3.05) is 12.1 Å². The van der Waals surface area contributed by atoms with Crippen LogP contribution in [0.3, 0.4) is 0 Å². The van der Waals surface area contributed by atoms with Crippen molar-refractivity contribution < 1.29 is 19.1 Å². The Kier molecular flexibility index (Phi) is 6.35. The number of nitrogens with zero attached hydrogens (tertiary/aromatic N) is 1. The number of amides is 2. The molecule has 1 heterocycles. The van der Waals surface area contributed by atoms with Gasteiger partial charge < -0.3 is 9.47 Å². The van der Waals surface area contributed by atoms with Crippen molar-refractivity contribution in [3.05, 3.63) is 93.5 Å². The number of hydrogen-bond acceptors (Lipinski definition) is 4. The molecular weight excluding hydrogens is 451 g/mol. The van der Waals surface area contributed by atoms with Crippen molar-refractivity contribution in [2.45, 2.75) is 6.61 Å². The predicted molar refractivity (Wildman–Crippen MR) is 124 cm³/mol. The van der Waals surface area contributed by atoms with Gasteiger partial charge in [-0.05, 0) is 47.5 Å². The molecule has 0 spiro atoms. The van der Waals surface area contributed by atoms with Crippen LogP contribution in [0.25, 0.3) is 6.08 Å². The van der Waals surface area contributed by atoms with Crippen molar-refractivity contribution >= 4 is 46.8 Å². The van der Waals surface area contributed by atoms with Crippen LogP contribution >= 0.6 is 23.2 Å². The first kappa shape index (κ1) is 21.7. The van der Waals surface area contributed by atoms with Gasteiger partial charge in [0, 0.05) is 0 Å². The second-order valence-electron chi connectivity index (χ2n) is 6.92. The highest BCUT2D eigenvalue weighted by Gasteiger charge is 2.34. The van der Waals surface area contributed by atoms with E-state index in [4.69, 9.17) is 32.7 Å². The average Bonchev–Trinajstić information content (AvgIpc) is 3.09. The van der Waals surface area contributed by atoms with Crippen LogP contribution in [0.1, 0.15) is 11.1 Å². The molecule has 0 radical (unpaired) electrons. The lowest BCUT2D eigenvalue weighted by Crippen LogP contribution is -2.35. The first-order chi connectivity index (χ1) is 15.5. The third-order valence-corrected chi connectivity index (χ3v) is 5.53. The summed E-state index contributed by atoms with van der Waals surface area (Å²) in [5.74, 6) is 0.0156. The largest absolute Gasteiger partial charge is 0.493 e. The number of benzene rings is 3. The minimum atomic E-state index is -0.524. The first-order valence-electron chi connectivity index (χ1n) is 9.63. The van der Waals surface area contributed by atoms with E-state index in [0.29, 0.717) is 34.4 Å². The highest BCUT2D eigenvalue weighted by atomic mass is 35.5. The number of carbonyl (C=O) groups excluding carboxylic acids is 2. The summed E-state index contributed by atoms with van der Waals surface area (Å²) in [6, 6.07) is 19.6. The van der Waals surface area contributed by atoms with Gasteiger partial charge in [-0.1, -0.05) is 59.6 Å². The summed E-state index contributed by atoms with van der Waals surface area (Å²) in [4.78, 5) is 25.3. The second kappa shape index (κ2) is 9.34. The fourth-order valence-corrected chi connectivity index (χ4v) is 3.45. The molecule has 0 atom stereocenters. The molecule has 6 nitrogen and oxygen atoms in total. The number of carbonyl (C=O) groups is 2. The van der Waals surface area contributed by atoms with E-state index in [1.165, 1.54) is 19.3 Å². The Morgan fingerprint density at radius 2 is 1.72 bits per heavy atom. The molecule has 1 N–H and O–H groups in total. The van der Waals surface area contributed by atoms with E-state index in [2.05, 4.69) is 5.43 Å². The number of nitrogens with one attached hydrogen (secondary N) is 1. The van der Waals surface area contributed by atoms with E-state index in [-0.39, 0.29) is 10.6 Å². The second-order valence-corrected chi connectivity index (χ2v) is 7.74. The molecule has 162 valence electrons. The quantitative estimate of drug-likeness (QED) is 0.406. The molecule has 1 aliphatic rings. The van der Waals surface area contributed by atoms with Crippen molar-refractivity contribution in [1.82, 2.24) is 5.43 Å². The van der Waals surface area contributed by atoms with E-state index in [1.54, 1.807) is 30.3 Å². The fraction of sp³-hybridized carbons (Fsp3) is 0.0833. The molecule has 0 saturated carbocycles. The number of methoxy groups -OCH3 is 1. The smallest absolute Gasteiger partial charge is 0.282 e. The zero-order chi connectivity index (χ0) is 22.7. The summed E-state index contributed by atoms with van der Waals surface area (Å²) in [6.07, 6.45) is 1.50. The molecule has 0 aliphatic carbocycles. The minimum absolute atomic E-state index is 0.0175. The molecule has 0 aromatic heterocycles. The van der Waals surface area contributed by atoms with E-state index in [0.717, 1.165) is 10.6 Å². The van der Waals surface area contributed by atoms with Crippen molar-refractivity contribution in [3.8, 4) is 11.5 Å². The Morgan fingerprint density at radius 1 is 0.938 bits per heavy atom. The van der Waals surface area contributed by atoms with Crippen LogP contribution in [0.4, 0.5) is 5.69 Å².